The smallest absolute Gasteiger partial charge is 0.320 e. The van der Waals surface area contributed by atoms with Gasteiger partial charge < -0.3 is 25.7 Å². The number of nitrogens with zero attached hydrogens (tertiary/aromatic N) is 2. The van der Waals surface area contributed by atoms with Gasteiger partial charge in [-0.05, 0) is 6.42 Å². The highest BCUT2D eigenvalue weighted by atomic mass is 16.4. The first-order valence-corrected chi connectivity index (χ1v) is 6.91. The van der Waals surface area contributed by atoms with Gasteiger partial charge in [-0.25, -0.2) is 4.79 Å². The van der Waals surface area contributed by atoms with E-state index < -0.39 is 18.0 Å². The summed E-state index contributed by atoms with van der Waals surface area (Å²) < 4.78 is 0. The number of carboxylic acid groups (broad SMARTS) is 2. The van der Waals surface area contributed by atoms with E-state index in [4.69, 9.17) is 10.2 Å². The highest BCUT2D eigenvalue weighted by molar-refractivity contribution is 5.76. The molecule has 0 radical (unpaired) electrons. The van der Waals surface area contributed by atoms with Crippen molar-refractivity contribution in [2.24, 2.45) is 0 Å². The molecule has 0 spiro atoms. The molecule has 0 aromatic heterocycles. The van der Waals surface area contributed by atoms with Gasteiger partial charge in [0.25, 0.3) is 0 Å². The van der Waals surface area contributed by atoms with E-state index in [1.807, 2.05) is 0 Å². The van der Waals surface area contributed by atoms with E-state index >= 15 is 0 Å². The van der Waals surface area contributed by atoms with E-state index in [1.165, 1.54) is 0 Å². The summed E-state index contributed by atoms with van der Waals surface area (Å²) >= 11 is 0. The van der Waals surface area contributed by atoms with Crippen LogP contribution >= 0.6 is 0 Å². The third-order valence-electron chi connectivity index (χ3n) is 3.77. The van der Waals surface area contributed by atoms with Gasteiger partial charge in [0.2, 0.25) is 0 Å². The molecule has 9 heteroatoms. The number of urea groups is 1. The number of hydrogen-bond donors (Lipinski definition) is 4. The minimum Gasteiger partial charge on any atom is -0.480 e. The van der Waals surface area contributed by atoms with Crippen molar-refractivity contribution in [2.75, 3.05) is 39.3 Å². The average molecular weight is 300 g/mol. The molecule has 4 N–H and O–H groups in total. The van der Waals surface area contributed by atoms with Gasteiger partial charge in [0.05, 0.1) is 6.54 Å². The Labute approximate surface area is 121 Å². The van der Waals surface area contributed by atoms with Crippen LogP contribution in [0, 0.1) is 0 Å². The van der Waals surface area contributed by atoms with Crippen molar-refractivity contribution in [3.05, 3.63) is 0 Å². The highest BCUT2D eigenvalue weighted by Gasteiger charge is 2.31. The number of amides is 2. The van der Waals surface area contributed by atoms with Crippen LogP contribution < -0.4 is 10.6 Å². The molecule has 2 fully saturated rings. The number of nitrogens with one attached hydrogen (secondary N) is 2. The third kappa shape index (κ3) is 4.30. The van der Waals surface area contributed by atoms with Crippen LogP contribution in [0.15, 0.2) is 0 Å². The van der Waals surface area contributed by atoms with Crippen LogP contribution in [-0.2, 0) is 9.59 Å². The van der Waals surface area contributed by atoms with Crippen LogP contribution in [0.25, 0.3) is 0 Å². The Morgan fingerprint density at radius 2 is 1.81 bits per heavy atom. The van der Waals surface area contributed by atoms with Gasteiger partial charge in [0, 0.05) is 38.8 Å². The number of carbonyl (C=O) groups excluding carboxylic acids is 1. The molecule has 21 heavy (non-hydrogen) atoms. The summed E-state index contributed by atoms with van der Waals surface area (Å²) in [4.78, 5) is 36.9. The third-order valence-corrected chi connectivity index (χ3v) is 3.77. The SMILES string of the molecule is O=C(O)CN1CCN(C(=O)N[C@@H]2CN[C@H](C(=O)O)C2)CC1. The molecule has 9 nitrogen and oxygen atoms in total. The standard InChI is InChI=1S/C12H20N4O5/c17-10(18)7-15-1-3-16(4-2-15)12(21)14-8-5-9(11(19)20)13-6-8/h8-9,13H,1-7H2,(H,14,21)(H,17,18)(H,19,20)/t8-,9-/m0/s1. The second kappa shape index (κ2) is 6.72. The Bertz CT molecular complexity index is 422. The van der Waals surface area contributed by atoms with E-state index in [9.17, 15) is 14.4 Å². The van der Waals surface area contributed by atoms with Crippen molar-refractivity contribution in [3.63, 3.8) is 0 Å². The number of hydrogen-bond acceptors (Lipinski definition) is 5. The van der Waals surface area contributed by atoms with Crippen LogP contribution in [-0.4, -0.2) is 89.3 Å². The monoisotopic (exact) mass is 300 g/mol. The van der Waals surface area contributed by atoms with Crippen molar-refractivity contribution >= 4 is 18.0 Å². The fraction of sp³-hybridized carbons (Fsp3) is 0.750. The van der Waals surface area contributed by atoms with E-state index in [0.29, 0.717) is 39.1 Å². The average Bonchev–Trinajstić information content (AvgIpc) is 2.87. The van der Waals surface area contributed by atoms with Gasteiger partial charge in [0.15, 0.2) is 0 Å². The summed E-state index contributed by atoms with van der Waals surface area (Å²) in [6.07, 6.45) is 0.375. The molecular formula is C12H20N4O5. The van der Waals surface area contributed by atoms with Gasteiger partial charge in [-0.15, -0.1) is 0 Å². The van der Waals surface area contributed by atoms with Crippen molar-refractivity contribution in [1.82, 2.24) is 20.4 Å². The summed E-state index contributed by atoms with van der Waals surface area (Å²) in [6.45, 7) is 2.44. The normalized spacial score (nSPS) is 26.6. The minimum atomic E-state index is -0.908. The molecule has 0 unspecified atom stereocenters. The summed E-state index contributed by atoms with van der Waals surface area (Å²) in [5, 5.41) is 23.2. The Hall–Kier alpha value is -1.87. The van der Waals surface area contributed by atoms with Crippen LogP contribution in [0.4, 0.5) is 4.79 Å². The van der Waals surface area contributed by atoms with Crippen molar-refractivity contribution in [3.8, 4) is 0 Å². The largest absolute Gasteiger partial charge is 0.480 e. The quantitative estimate of drug-likeness (QED) is 0.484. The molecule has 2 heterocycles. The first kappa shape index (κ1) is 15.5. The molecule has 0 aliphatic carbocycles. The summed E-state index contributed by atoms with van der Waals surface area (Å²) in [6, 6.07) is -1.01. The van der Waals surface area contributed by atoms with Crippen molar-refractivity contribution in [2.45, 2.75) is 18.5 Å². The Morgan fingerprint density at radius 3 is 2.33 bits per heavy atom. The van der Waals surface area contributed by atoms with Crippen LogP contribution in [0.3, 0.4) is 0 Å². The maximum Gasteiger partial charge on any atom is 0.320 e. The molecule has 0 aromatic rings. The summed E-state index contributed by atoms with van der Waals surface area (Å²) in [7, 11) is 0. The van der Waals surface area contributed by atoms with E-state index in [-0.39, 0.29) is 18.6 Å². The Kier molecular flexibility index (Phi) is 4.97. The van der Waals surface area contributed by atoms with Gasteiger partial charge in [0.1, 0.15) is 6.04 Å². The second-order valence-electron chi connectivity index (χ2n) is 5.34. The molecule has 0 bridgehead atoms. The molecule has 2 atom stereocenters. The lowest BCUT2D eigenvalue weighted by Gasteiger charge is -2.34. The van der Waals surface area contributed by atoms with Crippen LogP contribution in [0.1, 0.15) is 6.42 Å². The second-order valence-corrected chi connectivity index (χ2v) is 5.34. The minimum absolute atomic E-state index is 0.0116. The maximum atomic E-state index is 12.1. The van der Waals surface area contributed by atoms with Gasteiger partial charge >= 0.3 is 18.0 Å². The van der Waals surface area contributed by atoms with E-state index in [1.54, 1.807) is 9.80 Å². The molecule has 2 aliphatic heterocycles. The zero-order valence-corrected chi connectivity index (χ0v) is 11.6. The molecule has 2 aliphatic rings. The van der Waals surface area contributed by atoms with Gasteiger partial charge in [-0.2, -0.15) is 0 Å². The molecule has 118 valence electrons. The van der Waals surface area contributed by atoms with E-state index in [0.717, 1.165) is 0 Å². The fourth-order valence-corrected chi connectivity index (χ4v) is 2.60. The Morgan fingerprint density at radius 1 is 1.14 bits per heavy atom. The summed E-state index contributed by atoms with van der Waals surface area (Å²) in [5.74, 6) is -1.78. The van der Waals surface area contributed by atoms with E-state index in [2.05, 4.69) is 10.6 Å². The molecule has 2 saturated heterocycles. The number of rotatable bonds is 4. The molecule has 0 aromatic carbocycles. The fourth-order valence-electron chi connectivity index (χ4n) is 2.60. The zero-order valence-electron chi connectivity index (χ0n) is 11.6. The van der Waals surface area contributed by atoms with Crippen molar-refractivity contribution in [1.29, 1.82) is 0 Å². The number of carbonyl (C=O) groups is 3. The van der Waals surface area contributed by atoms with Crippen LogP contribution in [0.2, 0.25) is 0 Å². The lowest BCUT2D eigenvalue weighted by Crippen LogP contribution is -2.54. The molecule has 2 rings (SSSR count). The van der Waals surface area contributed by atoms with Crippen molar-refractivity contribution < 1.29 is 24.6 Å². The first-order chi connectivity index (χ1) is 9.95. The molecular weight excluding hydrogens is 280 g/mol. The van der Waals surface area contributed by atoms with Gasteiger partial charge in [-0.1, -0.05) is 0 Å². The predicted octanol–water partition coefficient (Wildman–Crippen LogP) is -1.79. The highest BCUT2D eigenvalue weighted by Crippen LogP contribution is 2.08. The molecule has 0 saturated carbocycles. The first-order valence-electron chi connectivity index (χ1n) is 6.91. The Balaban J connectivity index is 1.73. The van der Waals surface area contributed by atoms with Gasteiger partial charge in [-0.3, -0.25) is 14.5 Å². The number of carboxylic acids is 2. The summed E-state index contributed by atoms with van der Waals surface area (Å²) in [5.41, 5.74) is 0. The topological polar surface area (TPSA) is 122 Å². The zero-order chi connectivity index (χ0) is 15.4. The number of piperazine rings is 1. The molecule has 2 amide bonds. The maximum absolute atomic E-state index is 12.1. The predicted molar refractivity (Wildman–Crippen MR) is 72.0 cm³/mol. The lowest BCUT2D eigenvalue weighted by molar-refractivity contribution is -0.139. The lowest BCUT2D eigenvalue weighted by atomic mass is 10.2. The van der Waals surface area contributed by atoms with Crippen LogP contribution in [0.5, 0.6) is 0 Å². The number of aliphatic carboxylic acids is 2.